The third-order valence-corrected chi connectivity index (χ3v) is 6.98. The number of hydrogen-bond acceptors (Lipinski definition) is 7. The van der Waals surface area contributed by atoms with Crippen LogP contribution in [0, 0.1) is 23.2 Å². The number of carbonyl (C=O) groups is 1. The van der Waals surface area contributed by atoms with Crippen LogP contribution >= 0.6 is 0 Å². The van der Waals surface area contributed by atoms with Crippen LogP contribution in [-0.2, 0) is 20.8 Å². The highest BCUT2D eigenvalue weighted by molar-refractivity contribution is 5.85. The summed E-state index contributed by atoms with van der Waals surface area (Å²) < 4.78 is 24.5. The van der Waals surface area contributed by atoms with E-state index in [2.05, 4.69) is 6.07 Å². The lowest BCUT2D eigenvalue weighted by Crippen LogP contribution is -2.28. The molecule has 1 saturated carbocycles. The molecule has 4 rings (SSSR count). The molecule has 8 heteroatoms. The minimum atomic E-state index is -0.506. The molecule has 0 N–H and O–H groups in total. The summed E-state index contributed by atoms with van der Waals surface area (Å²) >= 11 is 0. The average Bonchev–Trinajstić information content (AvgIpc) is 3.30. The van der Waals surface area contributed by atoms with Gasteiger partial charge in [-0.2, -0.15) is 10.4 Å². The van der Waals surface area contributed by atoms with E-state index in [0.717, 1.165) is 53.8 Å². The summed E-state index contributed by atoms with van der Waals surface area (Å²) in [5.74, 6) is 1.83. The molecule has 1 heterocycles. The van der Waals surface area contributed by atoms with E-state index in [-0.39, 0.29) is 19.2 Å². The van der Waals surface area contributed by atoms with E-state index in [1.165, 1.54) is 0 Å². The minimum Gasteiger partial charge on any atom is -0.497 e. The first kappa shape index (κ1) is 29.2. The second-order valence-corrected chi connectivity index (χ2v) is 11.2. The van der Waals surface area contributed by atoms with Gasteiger partial charge in [0.25, 0.3) is 0 Å². The normalized spacial score (nSPS) is 17.2. The van der Waals surface area contributed by atoms with Crippen molar-refractivity contribution < 1.29 is 23.7 Å². The van der Waals surface area contributed by atoms with Crippen molar-refractivity contribution in [1.29, 1.82) is 5.26 Å². The monoisotopic (exact) mass is 545 g/mol. The highest BCUT2D eigenvalue weighted by atomic mass is 16.6. The van der Waals surface area contributed by atoms with Crippen molar-refractivity contribution in [3.8, 4) is 40.1 Å². The van der Waals surface area contributed by atoms with Crippen molar-refractivity contribution in [1.82, 2.24) is 9.78 Å². The van der Waals surface area contributed by atoms with Crippen molar-refractivity contribution in [2.24, 2.45) is 11.8 Å². The van der Waals surface area contributed by atoms with Gasteiger partial charge in [0.15, 0.2) is 6.61 Å². The zero-order chi connectivity index (χ0) is 28.5. The average molecular weight is 546 g/mol. The molecule has 8 nitrogen and oxygen atoms in total. The number of hydrogen-bond donors (Lipinski definition) is 0. The smallest absolute Gasteiger partial charge is 0.332 e. The fraction of sp³-hybridized carbons (Fsp3) is 0.469. The van der Waals surface area contributed by atoms with Crippen molar-refractivity contribution in [2.75, 3.05) is 26.9 Å². The zero-order valence-corrected chi connectivity index (χ0v) is 23.9. The fourth-order valence-corrected chi connectivity index (χ4v) is 5.16. The van der Waals surface area contributed by atoms with Crippen molar-refractivity contribution in [3.05, 3.63) is 54.6 Å². The Morgan fingerprint density at radius 3 is 2.40 bits per heavy atom. The lowest BCUT2D eigenvalue weighted by molar-refractivity contribution is -0.160. The molecule has 1 aliphatic carbocycles. The number of methoxy groups -OCH3 is 1. The Bertz CT molecular complexity index is 1300. The van der Waals surface area contributed by atoms with Gasteiger partial charge in [0, 0.05) is 12.1 Å². The molecule has 0 aliphatic heterocycles. The molecule has 1 aromatic heterocycles. The van der Waals surface area contributed by atoms with Crippen LogP contribution in [-0.4, -0.2) is 48.3 Å². The lowest BCUT2D eigenvalue weighted by atomic mass is 9.82. The minimum absolute atomic E-state index is 0.0145. The van der Waals surface area contributed by atoms with E-state index in [4.69, 9.17) is 24.0 Å². The maximum absolute atomic E-state index is 11.9. The molecule has 1 aliphatic rings. The molecule has 2 aromatic carbocycles. The topological polar surface area (TPSA) is 95.6 Å². The van der Waals surface area contributed by atoms with Crippen LogP contribution in [0.5, 0.6) is 11.6 Å². The Labute approximate surface area is 236 Å². The number of benzene rings is 2. The quantitative estimate of drug-likeness (QED) is 0.261. The van der Waals surface area contributed by atoms with Crippen LogP contribution in [0.4, 0.5) is 0 Å². The van der Waals surface area contributed by atoms with Gasteiger partial charge in [0.1, 0.15) is 29.7 Å². The molecule has 1 fully saturated rings. The van der Waals surface area contributed by atoms with Gasteiger partial charge in [-0.3, -0.25) is 0 Å². The molecule has 3 aromatic rings. The van der Waals surface area contributed by atoms with E-state index in [1.54, 1.807) is 7.11 Å². The highest BCUT2D eigenvalue weighted by Gasteiger charge is 2.27. The Morgan fingerprint density at radius 1 is 1.02 bits per heavy atom. The summed E-state index contributed by atoms with van der Waals surface area (Å²) in [5.41, 5.74) is 3.05. The van der Waals surface area contributed by atoms with Gasteiger partial charge in [-0.1, -0.05) is 42.5 Å². The first-order valence-corrected chi connectivity index (χ1v) is 13.9. The van der Waals surface area contributed by atoms with E-state index in [0.29, 0.717) is 30.9 Å². The maximum Gasteiger partial charge on any atom is 0.332 e. The molecule has 0 amide bonds. The first-order valence-electron chi connectivity index (χ1n) is 13.9. The largest absolute Gasteiger partial charge is 0.497 e. The number of nitrogens with zero attached hydrogens (tertiary/aromatic N) is 3. The van der Waals surface area contributed by atoms with E-state index >= 15 is 0 Å². The lowest BCUT2D eigenvalue weighted by Gasteiger charge is -2.28. The fourth-order valence-electron chi connectivity index (χ4n) is 5.16. The van der Waals surface area contributed by atoms with Crippen LogP contribution < -0.4 is 9.47 Å². The van der Waals surface area contributed by atoms with E-state index in [9.17, 15) is 10.1 Å². The Morgan fingerprint density at radius 2 is 1.73 bits per heavy atom. The molecular weight excluding hydrogens is 506 g/mol. The summed E-state index contributed by atoms with van der Waals surface area (Å²) in [6.07, 6.45) is 4.08. The van der Waals surface area contributed by atoms with Crippen molar-refractivity contribution in [3.63, 3.8) is 0 Å². The number of ether oxygens (including phenoxy) is 4. The summed E-state index contributed by atoms with van der Waals surface area (Å²) in [6.45, 7) is 6.72. The third kappa shape index (κ3) is 7.86. The van der Waals surface area contributed by atoms with Gasteiger partial charge >= 0.3 is 5.97 Å². The number of nitriles is 1. The predicted octanol–water partition coefficient (Wildman–Crippen LogP) is 6.29. The standard InChI is InChI=1S/C32H39N3O5/c1-32(2,3)40-28(36)22-38-21-24-15-13-23(14-16-24)20-35-31(39-18-17-33)29(26-11-8-12-27(19-26)37-4)30(34-35)25-9-6-5-7-10-25/h5-12,19,23-24H,13-16,18,20-22H2,1-4H3/t23-,24-. The molecule has 0 radical (unpaired) electrons. The summed E-state index contributed by atoms with van der Waals surface area (Å²) in [5, 5.41) is 14.4. The van der Waals surface area contributed by atoms with E-state index < -0.39 is 5.60 Å². The molecule has 0 bridgehead atoms. The molecule has 0 atom stereocenters. The Balaban J connectivity index is 1.50. The number of rotatable bonds is 11. The summed E-state index contributed by atoms with van der Waals surface area (Å²) in [7, 11) is 1.65. The molecule has 212 valence electrons. The van der Waals surface area contributed by atoms with E-state index in [1.807, 2.05) is 80.1 Å². The molecule has 40 heavy (non-hydrogen) atoms. The summed E-state index contributed by atoms with van der Waals surface area (Å²) in [4.78, 5) is 11.9. The van der Waals surface area contributed by atoms with Gasteiger partial charge in [0.2, 0.25) is 5.88 Å². The molecule has 0 spiro atoms. The second-order valence-electron chi connectivity index (χ2n) is 11.2. The predicted molar refractivity (Wildman–Crippen MR) is 153 cm³/mol. The first-order chi connectivity index (χ1) is 19.3. The summed E-state index contributed by atoms with van der Waals surface area (Å²) in [6, 6.07) is 20.0. The second kappa shape index (κ2) is 13.5. The maximum atomic E-state index is 11.9. The number of aromatic nitrogens is 2. The highest BCUT2D eigenvalue weighted by Crippen LogP contribution is 2.41. The van der Waals surface area contributed by atoms with Crippen LogP contribution in [0.15, 0.2) is 54.6 Å². The van der Waals surface area contributed by atoms with Crippen LogP contribution in [0.1, 0.15) is 46.5 Å². The van der Waals surface area contributed by atoms with Gasteiger partial charge in [0.05, 0.1) is 19.3 Å². The third-order valence-electron chi connectivity index (χ3n) is 6.98. The van der Waals surface area contributed by atoms with Gasteiger partial charge in [-0.05, 0) is 76.0 Å². The van der Waals surface area contributed by atoms with Crippen molar-refractivity contribution >= 4 is 5.97 Å². The molecule has 0 saturated heterocycles. The van der Waals surface area contributed by atoms with Crippen LogP contribution in [0.25, 0.3) is 22.4 Å². The Kier molecular flexibility index (Phi) is 9.84. The SMILES string of the molecule is COc1cccc(-c2c(-c3ccccc3)nn(C[C@H]3CC[C@H](COCC(=O)OC(C)(C)C)CC3)c2OCC#N)c1. The molecular formula is C32H39N3O5. The van der Waals surface area contributed by atoms with Gasteiger partial charge < -0.3 is 18.9 Å². The number of esters is 1. The molecule has 0 unspecified atom stereocenters. The number of carbonyl (C=O) groups excluding carboxylic acids is 1. The Hall–Kier alpha value is -3.83. The zero-order valence-electron chi connectivity index (χ0n) is 23.9. The van der Waals surface area contributed by atoms with Gasteiger partial charge in [-0.25, -0.2) is 9.48 Å². The van der Waals surface area contributed by atoms with Crippen LogP contribution in [0.3, 0.4) is 0 Å². The van der Waals surface area contributed by atoms with Crippen LogP contribution in [0.2, 0.25) is 0 Å². The van der Waals surface area contributed by atoms with Gasteiger partial charge in [-0.15, -0.1) is 0 Å². The van der Waals surface area contributed by atoms with Crippen molar-refractivity contribution in [2.45, 2.75) is 58.6 Å².